The van der Waals surface area contributed by atoms with E-state index < -0.39 is 5.97 Å². The smallest absolute Gasteiger partial charge is 0.371 e. The highest BCUT2D eigenvalue weighted by atomic mass is 16.4. The highest BCUT2D eigenvalue weighted by molar-refractivity contribution is 5.84. The summed E-state index contributed by atoms with van der Waals surface area (Å²) in [5.74, 6) is -0.545. The van der Waals surface area contributed by atoms with Crippen LogP contribution in [0.4, 0.5) is 5.88 Å². The van der Waals surface area contributed by atoms with Crippen LogP contribution in [0, 0.1) is 0 Å². The van der Waals surface area contributed by atoms with Crippen molar-refractivity contribution in [3.05, 3.63) is 17.9 Å². The number of anilines is 1. The number of rotatable bonds is 6. The Balaban J connectivity index is 1.63. The fourth-order valence-electron chi connectivity index (χ4n) is 2.00. The number of carboxylic acid groups (broad SMARTS) is 1. The fourth-order valence-corrected chi connectivity index (χ4v) is 2.00. The highest BCUT2D eigenvalue weighted by Gasteiger charge is 2.10. The van der Waals surface area contributed by atoms with Gasteiger partial charge in [0.1, 0.15) is 0 Å². The van der Waals surface area contributed by atoms with Gasteiger partial charge < -0.3 is 25.1 Å². The van der Waals surface area contributed by atoms with E-state index in [9.17, 15) is 4.79 Å². The Hall–Kier alpha value is -1.53. The Labute approximate surface area is 106 Å². The molecule has 0 aliphatic carbocycles. The SMILES string of the molecule is O=C(O)c1ccc(NCCCN2CCNCC2)o1. The van der Waals surface area contributed by atoms with Gasteiger partial charge in [-0.1, -0.05) is 0 Å². The molecule has 1 fully saturated rings. The number of aromatic carboxylic acids is 1. The number of furan rings is 1. The maximum absolute atomic E-state index is 10.6. The summed E-state index contributed by atoms with van der Waals surface area (Å²) in [5.41, 5.74) is 0. The van der Waals surface area contributed by atoms with Gasteiger partial charge in [-0.25, -0.2) is 4.79 Å². The van der Waals surface area contributed by atoms with Crippen LogP contribution in [0.5, 0.6) is 0 Å². The van der Waals surface area contributed by atoms with E-state index in [1.54, 1.807) is 6.07 Å². The summed E-state index contributed by atoms with van der Waals surface area (Å²) < 4.78 is 5.10. The summed E-state index contributed by atoms with van der Waals surface area (Å²) in [6.45, 7) is 6.17. The van der Waals surface area contributed by atoms with E-state index in [0.29, 0.717) is 5.88 Å². The molecule has 6 nitrogen and oxygen atoms in total. The Morgan fingerprint density at radius 2 is 2.22 bits per heavy atom. The molecule has 0 atom stereocenters. The Kier molecular flexibility index (Phi) is 4.60. The normalized spacial score (nSPS) is 16.7. The maximum Gasteiger partial charge on any atom is 0.371 e. The number of nitrogens with zero attached hydrogens (tertiary/aromatic N) is 1. The van der Waals surface area contributed by atoms with E-state index in [4.69, 9.17) is 9.52 Å². The first kappa shape index (κ1) is 12.9. The topological polar surface area (TPSA) is 77.7 Å². The first-order chi connectivity index (χ1) is 8.75. The van der Waals surface area contributed by atoms with Crippen LogP contribution >= 0.6 is 0 Å². The predicted molar refractivity (Wildman–Crippen MR) is 68.1 cm³/mol. The van der Waals surface area contributed by atoms with Gasteiger partial charge in [0.05, 0.1) is 0 Å². The second kappa shape index (κ2) is 6.42. The third-order valence-electron chi connectivity index (χ3n) is 2.98. The molecule has 3 N–H and O–H groups in total. The molecule has 0 spiro atoms. The number of nitrogens with one attached hydrogen (secondary N) is 2. The van der Waals surface area contributed by atoms with Gasteiger partial charge in [-0.3, -0.25) is 0 Å². The van der Waals surface area contributed by atoms with Crippen LogP contribution in [0.2, 0.25) is 0 Å². The van der Waals surface area contributed by atoms with E-state index in [0.717, 1.165) is 45.7 Å². The molecule has 100 valence electrons. The monoisotopic (exact) mass is 253 g/mol. The van der Waals surface area contributed by atoms with E-state index in [1.807, 2.05) is 0 Å². The minimum atomic E-state index is -1.04. The van der Waals surface area contributed by atoms with Gasteiger partial charge in [0.25, 0.3) is 0 Å². The van der Waals surface area contributed by atoms with Gasteiger partial charge in [0.2, 0.25) is 5.76 Å². The van der Waals surface area contributed by atoms with Crippen LogP contribution in [0.15, 0.2) is 16.5 Å². The van der Waals surface area contributed by atoms with Gasteiger partial charge in [-0.05, 0) is 19.0 Å². The highest BCUT2D eigenvalue weighted by Crippen LogP contribution is 2.12. The predicted octanol–water partition coefficient (Wildman–Crippen LogP) is 0.685. The molecule has 0 unspecified atom stereocenters. The zero-order valence-electron chi connectivity index (χ0n) is 10.3. The Bertz CT molecular complexity index is 386. The number of carboxylic acids is 1. The molecule has 0 radical (unpaired) electrons. The van der Waals surface area contributed by atoms with Crippen LogP contribution in [0.25, 0.3) is 0 Å². The number of carbonyl (C=O) groups is 1. The van der Waals surface area contributed by atoms with E-state index in [-0.39, 0.29) is 5.76 Å². The standard InChI is InChI=1S/C12H19N3O3/c16-12(17)10-2-3-11(18-10)14-4-1-7-15-8-5-13-6-9-15/h2-3,13-14H,1,4-9H2,(H,16,17). The molecule has 18 heavy (non-hydrogen) atoms. The lowest BCUT2D eigenvalue weighted by Gasteiger charge is -2.26. The quantitative estimate of drug-likeness (QED) is 0.647. The molecule has 1 aromatic rings. The summed E-state index contributed by atoms with van der Waals surface area (Å²) in [7, 11) is 0. The molecular formula is C12H19N3O3. The van der Waals surface area contributed by atoms with E-state index in [1.165, 1.54) is 6.07 Å². The van der Waals surface area contributed by atoms with Crippen molar-refractivity contribution in [2.45, 2.75) is 6.42 Å². The molecule has 1 saturated heterocycles. The van der Waals surface area contributed by atoms with Crippen molar-refractivity contribution >= 4 is 11.9 Å². The Morgan fingerprint density at radius 1 is 1.44 bits per heavy atom. The summed E-state index contributed by atoms with van der Waals surface area (Å²) in [5, 5.41) is 15.1. The van der Waals surface area contributed by atoms with E-state index >= 15 is 0 Å². The molecule has 1 aliphatic rings. The molecule has 1 aromatic heterocycles. The molecule has 2 heterocycles. The summed E-state index contributed by atoms with van der Waals surface area (Å²) >= 11 is 0. The van der Waals surface area contributed by atoms with Crippen molar-refractivity contribution < 1.29 is 14.3 Å². The minimum Gasteiger partial charge on any atom is -0.475 e. The number of hydrogen-bond donors (Lipinski definition) is 3. The van der Waals surface area contributed by atoms with Crippen LogP contribution in [-0.2, 0) is 0 Å². The molecule has 2 rings (SSSR count). The van der Waals surface area contributed by atoms with Crippen molar-refractivity contribution in [3.63, 3.8) is 0 Å². The third kappa shape index (κ3) is 3.75. The van der Waals surface area contributed by atoms with Crippen molar-refractivity contribution in [2.24, 2.45) is 0 Å². The van der Waals surface area contributed by atoms with Crippen molar-refractivity contribution in [1.82, 2.24) is 10.2 Å². The fraction of sp³-hybridized carbons (Fsp3) is 0.583. The summed E-state index contributed by atoms with van der Waals surface area (Å²) in [6.07, 6.45) is 1.02. The molecular weight excluding hydrogens is 234 g/mol. The number of piperazine rings is 1. The van der Waals surface area contributed by atoms with Gasteiger partial charge in [0.15, 0.2) is 5.88 Å². The molecule has 0 saturated carbocycles. The maximum atomic E-state index is 10.6. The largest absolute Gasteiger partial charge is 0.475 e. The third-order valence-corrected chi connectivity index (χ3v) is 2.98. The van der Waals surface area contributed by atoms with Crippen molar-refractivity contribution in [2.75, 3.05) is 44.6 Å². The van der Waals surface area contributed by atoms with Gasteiger partial charge >= 0.3 is 5.97 Å². The average molecular weight is 253 g/mol. The Morgan fingerprint density at radius 3 is 2.89 bits per heavy atom. The van der Waals surface area contributed by atoms with Gasteiger partial charge in [-0.2, -0.15) is 0 Å². The lowest BCUT2D eigenvalue weighted by Crippen LogP contribution is -2.44. The van der Waals surface area contributed by atoms with E-state index in [2.05, 4.69) is 15.5 Å². The van der Waals surface area contributed by atoms with Crippen LogP contribution < -0.4 is 10.6 Å². The lowest BCUT2D eigenvalue weighted by molar-refractivity contribution is 0.0663. The van der Waals surface area contributed by atoms with Crippen LogP contribution in [0.1, 0.15) is 17.0 Å². The first-order valence-electron chi connectivity index (χ1n) is 6.26. The van der Waals surface area contributed by atoms with Gasteiger partial charge in [0, 0.05) is 38.8 Å². The number of hydrogen-bond acceptors (Lipinski definition) is 5. The first-order valence-corrected chi connectivity index (χ1v) is 6.26. The molecule has 1 aliphatic heterocycles. The molecule has 0 amide bonds. The molecule has 0 bridgehead atoms. The van der Waals surface area contributed by atoms with Crippen molar-refractivity contribution in [1.29, 1.82) is 0 Å². The van der Waals surface area contributed by atoms with Gasteiger partial charge in [-0.15, -0.1) is 0 Å². The summed E-state index contributed by atoms with van der Waals surface area (Å²) in [6, 6.07) is 3.11. The average Bonchev–Trinajstić information content (AvgIpc) is 2.85. The second-order valence-corrected chi connectivity index (χ2v) is 4.34. The van der Waals surface area contributed by atoms with Crippen LogP contribution in [0.3, 0.4) is 0 Å². The minimum absolute atomic E-state index is 0.0281. The zero-order valence-corrected chi connectivity index (χ0v) is 10.3. The van der Waals surface area contributed by atoms with Crippen LogP contribution in [-0.4, -0.2) is 55.2 Å². The molecule has 0 aromatic carbocycles. The van der Waals surface area contributed by atoms with Crippen molar-refractivity contribution in [3.8, 4) is 0 Å². The second-order valence-electron chi connectivity index (χ2n) is 4.34. The molecule has 6 heteroatoms. The lowest BCUT2D eigenvalue weighted by atomic mass is 10.3. The zero-order chi connectivity index (χ0) is 12.8. The summed E-state index contributed by atoms with van der Waals surface area (Å²) in [4.78, 5) is 13.0.